The molecular weight excluding hydrogens is 214 g/mol. The third kappa shape index (κ3) is 2.51. The minimum atomic E-state index is 0.284. The zero-order valence-electron chi connectivity index (χ0n) is 11.7. The lowest BCUT2D eigenvalue weighted by atomic mass is 9.55. The Labute approximate surface area is 105 Å². The number of ether oxygens (including phenoxy) is 2. The molecule has 0 spiro atoms. The van der Waals surface area contributed by atoms with E-state index in [2.05, 4.69) is 26.1 Å². The molecule has 0 aromatic rings. The highest BCUT2D eigenvalue weighted by Crippen LogP contribution is 2.51. The molecule has 1 N–H and O–H groups in total. The average Bonchev–Trinajstić information content (AvgIpc) is 2.33. The minimum Gasteiger partial charge on any atom is -0.385 e. The maximum atomic E-state index is 5.92. The van der Waals surface area contributed by atoms with E-state index in [0.29, 0.717) is 18.2 Å². The molecule has 0 aromatic carbocycles. The van der Waals surface area contributed by atoms with Gasteiger partial charge in [0.1, 0.15) is 0 Å². The largest absolute Gasteiger partial charge is 0.385 e. The normalized spacial score (nSPS) is 37.1. The van der Waals surface area contributed by atoms with Crippen molar-refractivity contribution in [3.8, 4) is 0 Å². The van der Waals surface area contributed by atoms with Gasteiger partial charge >= 0.3 is 0 Å². The van der Waals surface area contributed by atoms with Crippen LogP contribution in [0.15, 0.2) is 0 Å². The Kier molecular flexibility index (Phi) is 4.11. The Bertz CT molecular complexity index is 255. The van der Waals surface area contributed by atoms with Crippen LogP contribution in [0.2, 0.25) is 0 Å². The Balaban J connectivity index is 1.87. The van der Waals surface area contributed by atoms with E-state index >= 15 is 0 Å². The lowest BCUT2D eigenvalue weighted by Gasteiger charge is -2.60. The molecule has 100 valence electrons. The maximum Gasteiger partial charge on any atom is 0.0684 e. The monoisotopic (exact) mass is 241 g/mol. The van der Waals surface area contributed by atoms with E-state index in [-0.39, 0.29) is 5.41 Å². The van der Waals surface area contributed by atoms with Crippen molar-refractivity contribution in [1.82, 2.24) is 5.32 Å². The Morgan fingerprint density at radius 1 is 1.47 bits per heavy atom. The molecular formula is C14H27NO2. The van der Waals surface area contributed by atoms with Crippen LogP contribution in [-0.4, -0.2) is 38.5 Å². The average molecular weight is 241 g/mol. The van der Waals surface area contributed by atoms with Crippen molar-refractivity contribution < 1.29 is 9.47 Å². The summed E-state index contributed by atoms with van der Waals surface area (Å²) < 4.78 is 11.1. The van der Waals surface area contributed by atoms with Gasteiger partial charge < -0.3 is 14.8 Å². The Morgan fingerprint density at radius 2 is 2.24 bits per heavy atom. The van der Waals surface area contributed by atoms with E-state index in [9.17, 15) is 0 Å². The second kappa shape index (κ2) is 5.25. The molecule has 0 aromatic heterocycles. The molecule has 2 aliphatic rings. The lowest BCUT2D eigenvalue weighted by molar-refractivity contribution is -0.194. The number of hydrogen-bond acceptors (Lipinski definition) is 3. The second-order valence-corrected chi connectivity index (χ2v) is 6.25. The number of rotatable bonds is 5. The van der Waals surface area contributed by atoms with Crippen LogP contribution in [0.5, 0.6) is 0 Å². The number of methoxy groups -OCH3 is 1. The molecule has 0 amide bonds. The summed E-state index contributed by atoms with van der Waals surface area (Å²) in [5, 5.41) is 3.78. The summed E-state index contributed by atoms with van der Waals surface area (Å²) in [6, 6.07) is 1.14. The summed E-state index contributed by atoms with van der Waals surface area (Å²) in [4.78, 5) is 0. The molecule has 4 atom stereocenters. The first kappa shape index (κ1) is 13.3. The molecule has 1 heterocycles. The van der Waals surface area contributed by atoms with Gasteiger partial charge in [-0.05, 0) is 26.2 Å². The number of hydrogen-bond donors (Lipinski definition) is 1. The van der Waals surface area contributed by atoms with Crippen molar-refractivity contribution in [2.45, 2.75) is 58.2 Å². The van der Waals surface area contributed by atoms with Gasteiger partial charge in [0.25, 0.3) is 0 Å². The van der Waals surface area contributed by atoms with Crippen LogP contribution >= 0.6 is 0 Å². The predicted octanol–water partition coefficient (Wildman–Crippen LogP) is 2.20. The molecule has 1 aliphatic heterocycles. The van der Waals surface area contributed by atoms with E-state index in [1.807, 2.05) is 0 Å². The molecule has 4 unspecified atom stereocenters. The first-order chi connectivity index (χ1) is 8.07. The highest BCUT2D eigenvalue weighted by atomic mass is 16.5. The highest BCUT2D eigenvalue weighted by molar-refractivity contribution is 5.10. The molecule has 0 radical (unpaired) electrons. The van der Waals surface area contributed by atoms with Gasteiger partial charge in [0.2, 0.25) is 0 Å². The second-order valence-electron chi connectivity index (χ2n) is 6.25. The van der Waals surface area contributed by atoms with Crippen LogP contribution < -0.4 is 5.32 Å². The quantitative estimate of drug-likeness (QED) is 0.800. The molecule has 2 fully saturated rings. The third-order valence-electron chi connectivity index (χ3n) is 4.55. The van der Waals surface area contributed by atoms with Gasteiger partial charge in [-0.25, -0.2) is 0 Å². The third-order valence-corrected chi connectivity index (χ3v) is 4.55. The van der Waals surface area contributed by atoms with Crippen LogP contribution in [0, 0.1) is 11.3 Å². The summed E-state index contributed by atoms with van der Waals surface area (Å²) >= 11 is 0. The van der Waals surface area contributed by atoms with Crippen LogP contribution in [0.4, 0.5) is 0 Å². The molecule has 0 bridgehead atoms. The van der Waals surface area contributed by atoms with Crippen LogP contribution in [0.3, 0.4) is 0 Å². The summed E-state index contributed by atoms with van der Waals surface area (Å²) in [5.74, 6) is 0.726. The molecule has 1 saturated carbocycles. The van der Waals surface area contributed by atoms with E-state index in [1.165, 1.54) is 12.8 Å². The topological polar surface area (TPSA) is 30.5 Å². The number of nitrogens with one attached hydrogen (secondary N) is 1. The molecule has 3 nitrogen and oxygen atoms in total. The summed E-state index contributed by atoms with van der Waals surface area (Å²) in [6.45, 7) is 8.72. The fraction of sp³-hybridized carbons (Fsp3) is 1.00. The van der Waals surface area contributed by atoms with Crippen molar-refractivity contribution in [3.05, 3.63) is 0 Å². The smallest absolute Gasteiger partial charge is 0.0684 e. The van der Waals surface area contributed by atoms with Crippen LogP contribution in [0.1, 0.15) is 40.0 Å². The summed E-state index contributed by atoms with van der Waals surface area (Å²) in [6.07, 6.45) is 4.11. The van der Waals surface area contributed by atoms with Crippen molar-refractivity contribution in [2.24, 2.45) is 11.3 Å². The number of fused-ring (bicyclic) bond motifs is 1. The van der Waals surface area contributed by atoms with Crippen molar-refractivity contribution >= 4 is 0 Å². The van der Waals surface area contributed by atoms with Gasteiger partial charge in [-0.15, -0.1) is 0 Å². The van der Waals surface area contributed by atoms with Crippen molar-refractivity contribution in [1.29, 1.82) is 0 Å². The molecule has 2 rings (SSSR count). The molecule has 17 heavy (non-hydrogen) atoms. The SMILES string of the molecule is COCCC(C)NC1C2CCCOC2C1(C)C. The first-order valence-corrected chi connectivity index (χ1v) is 6.94. The van der Waals surface area contributed by atoms with Gasteiger partial charge in [0, 0.05) is 43.7 Å². The van der Waals surface area contributed by atoms with Crippen LogP contribution in [0.25, 0.3) is 0 Å². The fourth-order valence-corrected chi connectivity index (χ4v) is 3.55. The van der Waals surface area contributed by atoms with Gasteiger partial charge in [-0.3, -0.25) is 0 Å². The van der Waals surface area contributed by atoms with Gasteiger partial charge in [-0.2, -0.15) is 0 Å². The van der Waals surface area contributed by atoms with Crippen LogP contribution in [-0.2, 0) is 9.47 Å². The zero-order valence-corrected chi connectivity index (χ0v) is 11.7. The van der Waals surface area contributed by atoms with Crippen molar-refractivity contribution in [2.75, 3.05) is 20.3 Å². The van der Waals surface area contributed by atoms with Crippen molar-refractivity contribution in [3.63, 3.8) is 0 Å². The minimum absolute atomic E-state index is 0.284. The summed E-state index contributed by atoms with van der Waals surface area (Å²) in [5.41, 5.74) is 0.284. The molecule has 1 saturated heterocycles. The Hall–Kier alpha value is -0.120. The van der Waals surface area contributed by atoms with E-state index in [4.69, 9.17) is 9.47 Å². The van der Waals surface area contributed by atoms with E-state index < -0.39 is 0 Å². The Morgan fingerprint density at radius 3 is 2.94 bits per heavy atom. The first-order valence-electron chi connectivity index (χ1n) is 6.94. The fourth-order valence-electron chi connectivity index (χ4n) is 3.55. The maximum absolute atomic E-state index is 5.92. The van der Waals surface area contributed by atoms with E-state index in [0.717, 1.165) is 25.6 Å². The van der Waals surface area contributed by atoms with Gasteiger partial charge in [0.05, 0.1) is 6.10 Å². The summed E-state index contributed by atoms with van der Waals surface area (Å²) in [7, 11) is 1.77. The lowest BCUT2D eigenvalue weighted by Crippen LogP contribution is -2.70. The molecule has 3 heteroatoms. The zero-order chi connectivity index (χ0) is 12.5. The highest BCUT2D eigenvalue weighted by Gasteiger charge is 2.57. The molecule has 1 aliphatic carbocycles. The predicted molar refractivity (Wildman–Crippen MR) is 69.1 cm³/mol. The van der Waals surface area contributed by atoms with Gasteiger partial charge in [-0.1, -0.05) is 13.8 Å². The van der Waals surface area contributed by atoms with E-state index in [1.54, 1.807) is 7.11 Å². The van der Waals surface area contributed by atoms with Gasteiger partial charge in [0.15, 0.2) is 0 Å². The standard InChI is InChI=1S/C14H27NO2/c1-10(7-9-16-4)15-12-11-6-5-8-17-13(11)14(12,2)3/h10-13,15H,5-9H2,1-4H3.